The van der Waals surface area contributed by atoms with E-state index >= 15 is 0 Å². The maximum Gasteiger partial charge on any atom is 0.273 e. The Labute approximate surface area is 167 Å². The lowest BCUT2D eigenvalue weighted by molar-refractivity contribution is -0.385. The van der Waals surface area contributed by atoms with Crippen LogP contribution in [-0.2, 0) is 11.3 Å². The second kappa shape index (κ2) is 8.39. The van der Waals surface area contributed by atoms with Crippen molar-refractivity contribution in [1.82, 2.24) is 10.2 Å². The van der Waals surface area contributed by atoms with Crippen LogP contribution >= 0.6 is 11.6 Å². The molecule has 0 aliphatic carbocycles. The van der Waals surface area contributed by atoms with Crippen LogP contribution in [0.3, 0.4) is 0 Å². The van der Waals surface area contributed by atoms with Crippen molar-refractivity contribution in [3.63, 3.8) is 0 Å². The van der Waals surface area contributed by atoms with Crippen molar-refractivity contribution in [2.24, 2.45) is 0 Å². The predicted octanol–water partition coefficient (Wildman–Crippen LogP) is 3.48. The van der Waals surface area contributed by atoms with E-state index in [0.717, 1.165) is 5.56 Å². The first kappa shape index (κ1) is 19.8. The maximum absolute atomic E-state index is 13.0. The zero-order valence-electron chi connectivity index (χ0n) is 15.4. The topological polar surface area (TPSA) is 92.6 Å². The van der Waals surface area contributed by atoms with E-state index in [0.29, 0.717) is 36.5 Å². The lowest BCUT2D eigenvalue weighted by atomic mass is 10.0. The van der Waals surface area contributed by atoms with Crippen LogP contribution in [0.2, 0.25) is 5.02 Å². The highest BCUT2D eigenvalue weighted by Crippen LogP contribution is 2.26. The molecule has 1 fully saturated rings. The average molecular weight is 402 g/mol. The lowest BCUT2D eigenvalue weighted by Crippen LogP contribution is -2.45. The lowest BCUT2D eigenvalue weighted by Gasteiger charge is -2.24. The Hall–Kier alpha value is -2.93. The van der Waals surface area contributed by atoms with Crippen LogP contribution in [0, 0.1) is 17.0 Å². The highest BCUT2D eigenvalue weighted by molar-refractivity contribution is 6.30. The number of hydrogen-bond acceptors (Lipinski definition) is 4. The Balaban J connectivity index is 1.72. The van der Waals surface area contributed by atoms with Crippen molar-refractivity contribution in [3.8, 4) is 0 Å². The molecule has 0 radical (unpaired) electrons. The van der Waals surface area contributed by atoms with Crippen LogP contribution < -0.4 is 5.32 Å². The van der Waals surface area contributed by atoms with Crippen molar-refractivity contribution in [3.05, 3.63) is 74.3 Å². The number of benzene rings is 2. The zero-order valence-corrected chi connectivity index (χ0v) is 16.1. The fourth-order valence-corrected chi connectivity index (χ4v) is 3.53. The number of carbonyl (C=O) groups excluding carboxylic acids is 2. The summed E-state index contributed by atoms with van der Waals surface area (Å²) in [4.78, 5) is 37.8. The molecule has 0 saturated carbocycles. The van der Waals surface area contributed by atoms with Gasteiger partial charge in [-0.1, -0.05) is 29.8 Å². The van der Waals surface area contributed by atoms with Crippen LogP contribution in [0.5, 0.6) is 0 Å². The third kappa shape index (κ3) is 4.14. The molecule has 2 aromatic rings. The van der Waals surface area contributed by atoms with Gasteiger partial charge >= 0.3 is 0 Å². The summed E-state index contributed by atoms with van der Waals surface area (Å²) < 4.78 is 0. The molecule has 1 aliphatic heterocycles. The van der Waals surface area contributed by atoms with Gasteiger partial charge in [-0.15, -0.1) is 0 Å². The number of halogens is 1. The Kier molecular flexibility index (Phi) is 5.94. The largest absolute Gasteiger partial charge is 0.350 e. The number of rotatable bonds is 5. The summed E-state index contributed by atoms with van der Waals surface area (Å²) in [6, 6.07) is 11.0. The van der Waals surface area contributed by atoms with Gasteiger partial charge in [0, 0.05) is 35.3 Å². The fourth-order valence-electron chi connectivity index (χ4n) is 3.40. The molecule has 0 bridgehead atoms. The number of nitro benzene ring substituents is 1. The van der Waals surface area contributed by atoms with Gasteiger partial charge in [-0.25, -0.2) is 0 Å². The molecule has 1 aliphatic rings. The summed E-state index contributed by atoms with van der Waals surface area (Å²) in [5, 5.41) is 14.6. The quantitative estimate of drug-likeness (QED) is 0.613. The van der Waals surface area contributed by atoms with Crippen LogP contribution in [0.25, 0.3) is 0 Å². The van der Waals surface area contributed by atoms with Crippen LogP contribution in [0.4, 0.5) is 5.69 Å². The number of nitrogens with zero attached hydrogens (tertiary/aromatic N) is 2. The third-order valence-corrected chi connectivity index (χ3v) is 5.18. The highest BCUT2D eigenvalue weighted by atomic mass is 35.5. The molecule has 7 nitrogen and oxygen atoms in total. The van der Waals surface area contributed by atoms with Crippen molar-refractivity contribution >= 4 is 29.1 Å². The summed E-state index contributed by atoms with van der Waals surface area (Å²) in [7, 11) is 0. The second-order valence-electron chi connectivity index (χ2n) is 6.71. The molecular formula is C20H20ClN3O4. The van der Waals surface area contributed by atoms with E-state index < -0.39 is 11.0 Å². The molecule has 0 spiro atoms. The molecule has 0 aromatic heterocycles. The highest BCUT2D eigenvalue weighted by Gasteiger charge is 2.35. The van der Waals surface area contributed by atoms with Crippen molar-refractivity contribution in [2.45, 2.75) is 32.4 Å². The Morgan fingerprint density at radius 1 is 1.25 bits per heavy atom. The summed E-state index contributed by atoms with van der Waals surface area (Å²) >= 11 is 5.86. The Morgan fingerprint density at radius 3 is 2.64 bits per heavy atom. The van der Waals surface area contributed by atoms with Gasteiger partial charge in [0.15, 0.2) is 0 Å². The smallest absolute Gasteiger partial charge is 0.273 e. The number of carbonyl (C=O) groups is 2. The average Bonchev–Trinajstić information content (AvgIpc) is 3.16. The molecule has 28 heavy (non-hydrogen) atoms. The van der Waals surface area contributed by atoms with Gasteiger partial charge in [0.05, 0.1) is 4.92 Å². The number of likely N-dealkylation sites (tertiary alicyclic amines) is 1. The predicted molar refractivity (Wildman–Crippen MR) is 105 cm³/mol. The van der Waals surface area contributed by atoms with E-state index in [1.54, 1.807) is 25.1 Å². The third-order valence-electron chi connectivity index (χ3n) is 4.93. The number of nitrogens with one attached hydrogen (secondary N) is 1. The number of hydrogen-bond donors (Lipinski definition) is 1. The van der Waals surface area contributed by atoms with E-state index in [4.69, 9.17) is 11.6 Å². The van der Waals surface area contributed by atoms with Gasteiger partial charge in [0.25, 0.3) is 11.6 Å². The summed E-state index contributed by atoms with van der Waals surface area (Å²) in [5.74, 6) is -0.589. The molecule has 1 N–H and O–H groups in total. The van der Waals surface area contributed by atoms with E-state index in [9.17, 15) is 19.7 Å². The summed E-state index contributed by atoms with van der Waals surface area (Å²) in [6.07, 6.45) is 1.27. The van der Waals surface area contributed by atoms with Crippen molar-refractivity contribution in [2.75, 3.05) is 6.54 Å². The van der Waals surface area contributed by atoms with Gasteiger partial charge < -0.3 is 10.2 Å². The molecule has 3 rings (SSSR count). The maximum atomic E-state index is 13.0. The molecule has 8 heteroatoms. The standard InChI is InChI=1S/C20H20ClN3O4/c1-13-16(4-2-5-17(13)24(27)28)20(26)23-11-3-6-18(23)19(25)22-12-14-7-9-15(21)10-8-14/h2,4-5,7-10,18H,3,6,11-12H2,1H3,(H,22,25). The first-order valence-electron chi connectivity index (χ1n) is 8.95. The minimum atomic E-state index is -0.585. The molecule has 1 saturated heterocycles. The minimum Gasteiger partial charge on any atom is -0.350 e. The van der Waals surface area contributed by atoms with Gasteiger partial charge in [-0.05, 0) is 43.5 Å². The summed E-state index contributed by atoms with van der Waals surface area (Å²) in [6.45, 7) is 2.33. The van der Waals surface area contributed by atoms with E-state index in [-0.39, 0.29) is 23.1 Å². The Bertz CT molecular complexity index is 914. The Morgan fingerprint density at radius 2 is 1.96 bits per heavy atom. The van der Waals surface area contributed by atoms with Crippen molar-refractivity contribution in [1.29, 1.82) is 0 Å². The van der Waals surface area contributed by atoms with Gasteiger partial charge in [0.2, 0.25) is 5.91 Å². The SMILES string of the molecule is Cc1c(C(=O)N2CCCC2C(=O)NCc2ccc(Cl)cc2)cccc1[N+](=O)[O-]. The summed E-state index contributed by atoms with van der Waals surface area (Å²) in [5.41, 5.74) is 1.37. The zero-order chi connectivity index (χ0) is 20.3. The molecule has 1 heterocycles. The molecule has 1 unspecified atom stereocenters. The first-order valence-corrected chi connectivity index (χ1v) is 9.33. The number of nitro groups is 1. The van der Waals surface area contributed by atoms with Gasteiger partial charge in [-0.2, -0.15) is 0 Å². The molecule has 2 aromatic carbocycles. The molecule has 1 atom stereocenters. The molecule has 146 valence electrons. The van der Waals surface area contributed by atoms with Crippen LogP contribution in [0.1, 0.15) is 34.3 Å². The van der Waals surface area contributed by atoms with Gasteiger partial charge in [0.1, 0.15) is 6.04 Å². The van der Waals surface area contributed by atoms with Crippen molar-refractivity contribution < 1.29 is 14.5 Å². The minimum absolute atomic E-state index is 0.103. The van der Waals surface area contributed by atoms with E-state index in [1.165, 1.54) is 17.0 Å². The normalized spacial score (nSPS) is 16.1. The molecular weight excluding hydrogens is 382 g/mol. The van der Waals surface area contributed by atoms with E-state index in [2.05, 4.69) is 5.32 Å². The number of amides is 2. The van der Waals surface area contributed by atoms with Gasteiger partial charge in [-0.3, -0.25) is 19.7 Å². The van der Waals surface area contributed by atoms with Crippen LogP contribution in [0.15, 0.2) is 42.5 Å². The van der Waals surface area contributed by atoms with Crippen LogP contribution in [-0.4, -0.2) is 34.2 Å². The second-order valence-corrected chi connectivity index (χ2v) is 7.14. The fraction of sp³-hybridized carbons (Fsp3) is 0.300. The first-order chi connectivity index (χ1) is 13.4. The van der Waals surface area contributed by atoms with E-state index in [1.807, 2.05) is 12.1 Å². The monoisotopic (exact) mass is 401 g/mol. The molecule has 2 amide bonds.